The molecule has 0 saturated carbocycles. The molecule has 0 aliphatic rings. The van der Waals surface area contributed by atoms with Crippen LogP contribution in [0.2, 0.25) is 5.02 Å². The summed E-state index contributed by atoms with van der Waals surface area (Å²) in [6, 6.07) is 0. The van der Waals surface area contributed by atoms with E-state index in [-0.39, 0.29) is 8.59 Å². The fourth-order valence-electron chi connectivity index (χ4n) is 0.622. The molecule has 2 N–H and O–H groups in total. The molecule has 1 aromatic carbocycles. The van der Waals surface area contributed by atoms with Gasteiger partial charge >= 0.3 is 0 Å². The third kappa shape index (κ3) is 1.35. The lowest BCUT2D eigenvalue weighted by molar-refractivity contribution is 0.446. The smallest absolute Gasteiger partial charge is 0.197 e. The quantitative estimate of drug-likeness (QED) is 0.339. The summed E-state index contributed by atoms with van der Waals surface area (Å²) in [4.78, 5) is 0. The van der Waals surface area contributed by atoms with Crippen molar-refractivity contribution in [3.8, 4) is 0 Å². The van der Waals surface area contributed by atoms with E-state index in [2.05, 4.69) is 0 Å². The predicted molar refractivity (Wildman–Crippen MR) is 48.5 cm³/mol. The molecule has 0 fully saturated rings. The van der Waals surface area contributed by atoms with E-state index < -0.39 is 23.1 Å². The van der Waals surface area contributed by atoms with E-state index >= 15 is 0 Å². The van der Waals surface area contributed by atoms with Gasteiger partial charge in [0.05, 0.1) is 14.3 Å². The lowest BCUT2D eigenvalue weighted by Crippen LogP contribution is -2.02. The number of nitrogen functional groups attached to an aromatic ring is 1. The molecule has 1 aromatic rings. The van der Waals surface area contributed by atoms with Gasteiger partial charge in [0, 0.05) is 0 Å². The number of hydrogen-bond acceptors (Lipinski definition) is 1. The Balaban J connectivity index is 3.60. The number of hydrogen-bond donors (Lipinski definition) is 1. The first-order chi connectivity index (χ1) is 5.46. The molecule has 0 atom stereocenters. The van der Waals surface area contributed by atoms with Gasteiger partial charge in [-0.15, -0.1) is 0 Å². The Morgan fingerprint density at radius 3 is 2.08 bits per heavy atom. The lowest BCUT2D eigenvalue weighted by atomic mass is 10.3. The Labute approximate surface area is 84.8 Å². The fourth-order valence-corrected chi connectivity index (χ4v) is 1.32. The third-order valence-electron chi connectivity index (χ3n) is 1.24. The summed E-state index contributed by atoms with van der Waals surface area (Å²) < 4.78 is 37.6. The highest BCUT2D eigenvalue weighted by Crippen LogP contribution is 2.31. The van der Waals surface area contributed by atoms with Crippen LogP contribution in [-0.4, -0.2) is 0 Å². The maximum Gasteiger partial charge on any atom is 0.197 e. The first kappa shape index (κ1) is 9.91. The third-order valence-corrected chi connectivity index (χ3v) is 2.97. The van der Waals surface area contributed by atoms with Crippen molar-refractivity contribution < 1.29 is 13.2 Å². The lowest BCUT2D eigenvalue weighted by Gasteiger charge is -2.04. The highest BCUT2D eigenvalue weighted by atomic mass is 127. The summed E-state index contributed by atoms with van der Waals surface area (Å²) in [5.74, 6) is -4.36. The van der Waals surface area contributed by atoms with Crippen molar-refractivity contribution >= 4 is 39.9 Å². The van der Waals surface area contributed by atoms with Crippen LogP contribution in [0.3, 0.4) is 0 Å². The van der Waals surface area contributed by atoms with E-state index in [9.17, 15) is 13.2 Å². The van der Waals surface area contributed by atoms with E-state index in [0.717, 1.165) is 0 Å². The molecule has 0 unspecified atom stereocenters. The molecule has 0 aliphatic carbocycles. The number of rotatable bonds is 0. The Morgan fingerprint density at radius 2 is 1.58 bits per heavy atom. The van der Waals surface area contributed by atoms with Crippen LogP contribution in [0.25, 0.3) is 0 Å². The van der Waals surface area contributed by atoms with Crippen molar-refractivity contribution in [1.29, 1.82) is 0 Å². The Hall–Kier alpha value is -0.170. The summed E-state index contributed by atoms with van der Waals surface area (Å²) in [6.45, 7) is 0. The molecule has 0 radical (unpaired) electrons. The minimum atomic E-state index is -1.60. The Kier molecular flexibility index (Phi) is 2.72. The van der Waals surface area contributed by atoms with Crippen LogP contribution in [-0.2, 0) is 0 Å². The molecule has 0 saturated heterocycles. The van der Waals surface area contributed by atoms with E-state index in [4.69, 9.17) is 17.3 Å². The monoisotopic (exact) mass is 307 g/mol. The molecule has 0 heterocycles. The second-order valence-corrected chi connectivity index (χ2v) is 3.44. The van der Waals surface area contributed by atoms with Crippen LogP contribution in [0, 0.1) is 21.0 Å². The van der Waals surface area contributed by atoms with Gasteiger partial charge in [-0.1, -0.05) is 11.6 Å². The number of benzene rings is 1. The summed E-state index contributed by atoms with van der Waals surface area (Å²) in [5, 5.41) is -0.299. The number of nitrogens with two attached hydrogens (primary N) is 1. The highest BCUT2D eigenvalue weighted by Gasteiger charge is 2.20. The zero-order valence-electron chi connectivity index (χ0n) is 5.47. The SMILES string of the molecule is Nc1c(F)c(F)c(F)c(I)c1Cl. The average Bonchev–Trinajstić information content (AvgIpc) is 2.08. The molecule has 0 bridgehead atoms. The van der Waals surface area contributed by atoms with Gasteiger partial charge in [-0.2, -0.15) is 0 Å². The largest absolute Gasteiger partial charge is 0.395 e. The molecule has 0 amide bonds. The van der Waals surface area contributed by atoms with E-state index in [1.54, 1.807) is 0 Å². The van der Waals surface area contributed by atoms with Crippen LogP contribution < -0.4 is 5.73 Å². The van der Waals surface area contributed by atoms with Crippen molar-refractivity contribution in [2.75, 3.05) is 5.73 Å². The van der Waals surface area contributed by atoms with Gasteiger partial charge in [-0.25, -0.2) is 13.2 Å². The molecule has 1 nitrogen and oxygen atoms in total. The molecule has 0 aliphatic heterocycles. The minimum absolute atomic E-state index is 0.217. The predicted octanol–water partition coefficient (Wildman–Crippen LogP) is 2.94. The van der Waals surface area contributed by atoms with E-state index in [1.807, 2.05) is 0 Å². The maximum atomic E-state index is 12.7. The molecule has 0 aromatic heterocycles. The zero-order valence-corrected chi connectivity index (χ0v) is 8.38. The Bertz CT molecular complexity index is 237. The normalized spacial score (nSPS) is 10.4. The van der Waals surface area contributed by atoms with Gasteiger partial charge in [0.1, 0.15) is 0 Å². The summed E-state index contributed by atoms with van der Waals surface area (Å²) in [7, 11) is 0. The Morgan fingerprint density at radius 1 is 1.08 bits per heavy atom. The minimum Gasteiger partial charge on any atom is -0.395 e. The van der Waals surface area contributed by atoms with E-state index in [1.165, 1.54) is 22.6 Å². The molecule has 66 valence electrons. The fraction of sp³-hybridized carbons (Fsp3) is 0. The topological polar surface area (TPSA) is 26.0 Å². The van der Waals surface area contributed by atoms with Crippen molar-refractivity contribution in [2.45, 2.75) is 0 Å². The van der Waals surface area contributed by atoms with Gasteiger partial charge in [0.2, 0.25) is 0 Å². The summed E-state index contributed by atoms with van der Waals surface area (Å²) in [5.41, 5.74) is 4.46. The van der Waals surface area contributed by atoms with Gasteiger partial charge in [0.15, 0.2) is 17.5 Å². The average molecular weight is 307 g/mol. The van der Waals surface area contributed by atoms with Crippen molar-refractivity contribution in [3.63, 3.8) is 0 Å². The van der Waals surface area contributed by atoms with Crippen molar-refractivity contribution in [2.24, 2.45) is 0 Å². The zero-order chi connectivity index (χ0) is 9.46. The standard InChI is InChI=1S/C6H2ClF3IN/c7-1-5(11)3(9)2(8)4(10)6(1)12/h12H2. The molecule has 0 spiro atoms. The number of anilines is 1. The van der Waals surface area contributed by atoms with Crippen LogP contribution in [0.5, 0.6) is 0 Å². The highest BCUT2D eigenvalue weighted by molar-refractivity contribution is 14.1. The summed E-state index contributed by atoms with van der Waals surface area (Å²) in [6.07, 6.45) is 0. The van der Waals surface area contributed by atoms with E-state index in [0.29, 0.717) is 0 Å². The second kappa shape index (κ2) is 3.29. The molecule has 1 rings (SSSR count). The van der Waals surface area contributed by atoms with Crippen molar-refractivity contribution in [1.82, 2.24) is 0 Å². The molecule has 6 heteroatoms. The first-order valence-corrected chi connectivity index (χ1v) is 4.19. The van der Waals surface area contributed by atoms with Gasteiger partial charge in [0.25, 0.3) is 0 Å². The van der Waals surface area contributed by atoms with Gasteiger partial charge in [-0.3, -0.25) is 0 Å². The first-order valence-electron chi connectivity index (χ1n) is 2.73. The maximum absolute atomic E-state index is 12.7. The van der Waals surface area contributed by atoms with Crippen LogP contribution in [0.15, 0.2) is 0 Å². The summed E-state index contributed by atoms with van der Waals surface area (Å²) >= 11 is 6.82. The van der Waals surface area contributed by atoms with Crippen LogP contribution >= 0.6 is 34.2 Å². The van der Waals surface area contributed by atoms with Gasteiger partial charge < -0.3 is 5.73 Å². The molecular formula is C6H2ClF3IN. The van der Waals surface area contributed by atoms with Gasteiger partial charge in [-0.05, 0) is 22.6 Å². The second-order valence-electron chi connectivity index (χ2n) is 1.98. The van der Waals surface area contributed by atoms with Crippen LogP contribution in [0.1, 0.15) is 0 Å². The van der Waals surface area contributed by atoms with Crippen LogP contribution in [0.4, 0.5) is 18.9 Å². The molecule has 12 heavy (non-hydrogen) atoms. The van der Waals surface area contributed by atoms with Crippen molar-refractivity contribution in [3.05, 3.63) is 26.0 Å². The molecular weight excluding hydrogens is 305 g/mol. The number of halogens is 5.